The molecule has 0 radical (unpaired) electrons. The molecular weight excluding hydrogens is 116 g/mol. The fraction of sp³-hybridized carbons (Fsp3) is 0.833. The molecule has 1 atom stereocenters. The molecule has 3 heteroatoms. The maximum Gasteiger partial charge on any atom is 0.0962 e. The Morgan fingerprint density at radius 3 is 3.11 bits per heavy atom. The highest BCUT2D eigenvalue weighted by Crippen LogP contribution is 1.92. The Hall–Kier alpha value is -0.570. The van der Waals surface area contributed by atoms with Crippen molar-refractivity contribution in [3.05, 3.63) is 0 Å². The van der Waals surface area contributed by atoms with Gasteiger partial charge in [0.05, 0.1) is 18.5 Å². The smallest absolute Gasteiger partial charge is 0.0962 e. The van der Waals surface area contributed by atoms with Gasteiger partial charge in [-0.2, -0.15) is 0 Å². The Labute approximate surface area is 54.8 Å². The Morgan fingerprint density at radius 1 is 1.89 bits per heavy atom. The lowest BCUT2D eigenvalue weighted by atomic mass is 10.3. The van der Waals surface area contributed by atoms with Gasteiger partial charge in [0.25, 0.3) is 0 Å². The highest BCUT2D eigenvalue weighted by molar-refractivity contribution is 5.82. The summed E-state index contributed by atoms with van der Waals surface area (Å²) >= 11 is 0. The van der Waals surface area contributed by atoms with Crippen molar-refractivity contribution in [3.63, 3.8) is 0 Å². The quantitative estimate of drug-likeness (QED) is 0.512. The first-order valence-corrected chi connectivity index (χ1v) is 3.28. The fourth-order valence-electron chi connectivity index (χ4n) is 0.808. The number of amidine groups is 1. The number of aliphatic imine (C=N–C) groups is 1. The van der Waals surface area contributed by atoms with Crippen molar-refractivity contribution in [2.45, 2.75) is 19.4 Å². The Kier molecular flexibility index (Phi) is 2.05. The third-order valence-electron chi connectivity index (χ3n) is 1.37. The molecule has 0 saturated heterocycles. The second kappa shape index (κ2) is 2.82. The molecule has 0 spiro atoms. The monoisotopic (exact) mass is 128 g/mol. The summed E-state index contributed by atoms with van der Waals surface area (Å²) in [6.07, 6.45) is 0.660. The molecule has 0 aromatic carbocycles. The third kappa shape index (κ3) is 1.68. The molecule has 3 nitrogen and oxygen atoms in total. The topological polar surface area (TPSA) is 44.6 Å². The zero-order chi connectivity index (χ0) is 6.69. The van der Waals surface area contributed by atoms with E-state index in [4.69, 9.17) is 5.11 Å². The maximum absolute atomic E-state index is 8.95. The predicted octanol–water partition coefficient (Wildman–Crippen LogP) is -0.241. The van der Waals surface area contributed by atoms with Crippen molar-refractivity contribution >= 4 is 5.84 Å². The SMILES string of the molecule is CCC1=NCC(O)CN1. The van der Waals surface area contributed by atoms with Crippen LogP contribution in [0, 0.1) is 0 Å². The lowest BCUT2D eigenvalue weighted by Gasteiger charge is -2.17. The Morgan fingerprint density at radius 2 is 2.67 bits per heavy atom. The van der Waals surface area contributed by atoms with E-state index in [0.29, 0.717) is 13.1 Å². The van der Waals surface area contributed by atoms with Crippen molar-refractivity contribution in [1.82, 2.24) is 5.32 Å². The van der Waals surface area contributed by atoms with Gasteiger partial charge in [0.2, 0.25) is 0 Å². The second-order valence-electron chi connectivity index (χ2n) is 2.18. The zero-order valence-corrected chi connectivity index (χ0v) is 5.59. The van der Waals surface area contributed by atoms with Gasteiger partial charge in [0.15, 0.2) is 0 Å². The standard InChI is InChI=1S/C6H12N2O/c1-2-6-7-3-5(9)4-8-6/h5,9H,2-4H2,1H3,(H,7,8). The van der Waals surface area contributed by atoms with Crippen molar-refractivity contribution in [2.75, 3.05) is 13.1 Å². The van der Waals surface area contributed by atoms with Crippen molar-refractivity contribution in [2.24, 2.45) is 4.99 Å². The summed E-state index contributed by atoms with van der Waals surface area (Å²) in [7, 11) is 0. The summed E-state index contributed by atoms with van der Waals surface area (Å²) in [4.78, 5) is 4.08. The number of nitrogens with one attached hydrogen (secondary N) is 1. The lowest BCUT2D eigenvalue weighted by molar-refractivity contribution is 0.181. The summed E-state index contributed by atoms with van der Waals surface area (Å²) in [5, 5.41) is 12.0. The number of aliphatic hydroxyl groups is 1. The Bertz CT molecular complexity index is 122. The van der Waals surface area contributed by atoms with Crippen LogP contribution in [0.4, 0.5) is 0 Å². The van der Waals surface area contributed by atoms with Crippen LogP contribution in [0.2, 0.25) is 0 Å². The van der Waals surface area contributed by atoms with E-state index in [0.717, 1.165) is 12.3 Å². The average Bonchev–Trinajstić information content (AvgIpc) is 1.90. The van der Waals surface area contributed by atoms with Gasteiger partial charge >= 0.3 is 0 Å². The van der Waals surface area contributed by atoms with Crippen LogP contribution in [0.25, 0.3) is 0 Å². The molecular formula is C6H12N2O. The van der Waals surface area contributed by atoms with Crippen LogP contribution >= 0.6 is 0 Å². The van der Waals surface area contributed by atoms with E-state index in [1.165, 1.54) is 0 Å². The lowest BCUT2D eigenvalue weighted by Crippen LogP contribution is -2.38. The number of hydrogen-bond donors (Lipinski definition) is 2. The van der Waals surface area contributed by atoms with Gasteiger partial charge < -0.3 is 10.4 Å². The van der Waals surface area contributed by atoms with Gasteiger partial charge in [-0.3, -0.25) is 4.99 Å². The maximum atomic E-state index is 8.95. The van der Waals surface area contributed by atoms with E-state index in [-0.39, 0.29) is 6.10 Å². The molecule has 1 heterocycles. The first-order chi connectivity index (χ1) is 4.33. The second-order valence-corrected chi connectivity index (χ2v) is 2.18. The fourth-order valence-corrected chi connectivity index (χ4v) is 0.808. The third-order valence-corrected chi connectivity index (χ3v) is 1.37. The van der Waals surface area contributed by atoms with Crippen LogP contribution < -0.4 is 5.32 Å². The minimum Gasteiger partial charge on any atom is -0.389 e. The van der Waals surface area contributed by atoms with E-state index < -0.39 is 0 Å². The molecule has 0 fully saturated rings. The molecule has 0 saturated carbocycles. The molecule has 0 bridgehead atoms. The summed E-state index contributed by atoms with van der Waals surface area (Å²) in [5.74, 6) is 1.01. The van der Waals surface area contributed by atoms with Gasteiger partial charge in [-0.15, -0.1) is 0 Å². The molecule has 2 N–H and O–H groups in total. The number of aliphatic hydroxyl groups excluding tert-OH is 1. The van der Waals surface area contributed by atoms with Crippen LogP contribution in [-0.4, -0.2) is 30.1 Å². The molecule has 9 heavy (non-hydrogen) atoms. The minimum atomic E-state index is -0.278. The highest BCUT2D eigenvalue weighted by Gasteiger charge is 2.08. The van der Waals surface area contributed by atoms with E-state index in [1.54, 1.807) is 0 Å². The molecule has 0 amide bonds. The molecule has 1 aliphatic heterocycles. The summed E-state index contributed by atoms with van der Waals surface area (Å²) in [5.41, 5.74) is 0. The van der Waals surface area contributed by atoms with Gasteiger partial charge in [0, 0.05) is 13.0 Å². The van der Waals surface area contributed by atoms with Crippen LogP contribution in [0.5, 0.6) is 0 Å². The first kappa shape index (κ1) is 6.55. The van der Waals surface area contributed by atoms with E-state index in [2.05, 4.69) is 10.3 Å². The largest absolute Gasteiger partial charge is 0.389 e. The number of rotatable bonds is 1. The van der Waals surface area contributed by atoms with Crippen molar-refractivity contribution in [1.29, 1.82) is 0 Å². The first-order valence-electron chi connectivity index (χ1n) is 3.28. The highest BCUT2D eigenvalue weighted by atomic mass is 16.3. The van der Waals surface area contributed by atoms with Gasteiger partial charge in [-0.1, -0.05) is 6.92 Å². The number of hydrogen-bond acceptors (Lipinski definition) is 3. The van der Waals surface area contributed by atoms with Gasteiger partial charge in [-0.25, -0.2) is 0 Å². The summed E-state index contributed by atoms with van der Waals surface area (Å²) in [6.45, 7) is 3.27. The predicted molar refractivity (Wildman–Crippen MR) is 36.6 cm³/mol. The summed E-state index contributed by atoms with van der Waals surface area (Å²) < 4.78 is 0. The number of nitrogens with zero attached hydrogens (tertiary/aromatic N) is 1. The zero-order valence-electron chi connectivity index (χ0n) is 5.59. The van der Waals surface area contributed by atoms with Crippen LogP contribution in [-0.2, 0) is 0 Å². The van der Waals surface area contributed by atoms with E-state index >= 15 is 0 Å². The molecule has 1 aliphatic rings. The normalized spacial score (nSPS) is 26.9. The number of β-amino-alcohol motifs (C(OH)–C–C–N with tert-alkyl or cyclic N) is 1. The van der Waals surface area contributed by atoms with Crippen molar-refractivity contribution in [3.8, 4) is 0 Å². The molecule has 0 aromatic rings. The molecule has 52 valence electrons. The molecule has 1 rings (SSSR count). The van der Waals surface area contributed by atoms with Gasteiger partial charge in [0.1, 0.15) is 0 Å². The van der Waals surface area contributed by atoms with Gasteiger partial charge in [-0.05, 0) is 0 Å². The van der Waals surface area contributed by atoms with E-state index in [1.807, 2.05) is 6.92 Å². The van der Waals surface area contributed by atoms with Crippen molar-refractivity contribution < 1.29 is 5.11 Å². The molecule has 1 unspecified atom stereocenters. The van der Waals surface area contributed by atoms with E-state index in [9.17, 15) is 0 Å². The average molecular weight is 128 g/mol. The van der Waals surface area contributed by atoms with Crippen LogP contribution in [0.1, 0.15) is 13.3 Å². The summed E-state index contributed by atoms with van der Waals surface area (Å²) in [6, 6.07) is 0. The molecule has 0 aliphatic carbocycles. The van der Waals surface area contributed by atoms with Crippen LogP contribution in [0.15, 0.2) is 4.99 Å². The minimum absolute atomic E-state index is 0.278. The molecule has 0 aromatic heterocycles. The Balaban J connectivity index is 2.40. The van der Waals surface area contributed by atoms with Crippen LogP contribution in [0.3, 0.4) is 0 Å².